The Kier molecular flexibility index (Phi) is 6.71. The molecule has 0 saturated heterocycles. The second-order valence-corrected chi connectivity index (χ2v) is 4.48. The van der Waals surface area contributed by atoms with E-state index in [2.05, 4.69) is 16.8 Å². The first-order chi connectivity index (χ1) is 9.60. The maximum atomic E-state index is 12.3. The van der Waals surface area contributed by atoms with Gasteiger partial charge in [-0.3, -0.25) is 4.79 Å². The molecule has 5 nitrogen and oxygen atoms in total. The summed E-state index contributed by atoms with van der Waals surface area (Å²) < 4.78 is 5.02. The number of ether oxygens (including phenoxy) is 1. The molecule has 1 aromatic heterocycles. The van der Waals surface area contributed by atoms with Crippen molar-refractivity contribution in [3.8, 4) is 11.8 Å². The average molecular weight is 276 g/mol. The van der Waals surface area contributed by atoms with Crippen molar-refractivity contribution in [1.82, 2.24) is 9.88 Å². The first-order valence-electron chi connectivity index (χ1n) is 6.45. The second-order valence-electron chi connectivity index (χ2n) is 4.48. The molecule has 0 atom stereocenters. The van der Waals surface area contributed by atoms with E-state index < -0.39 is 0 Å². The van der Waals surface area contributed by atoms with Gasteiger partial charge in [-0.05, 0) is 26.0 Å². The van der Waals surface area contributed by atoms with Gasteiger partial charge in [0.15, 0.2) is 0 Å². The smallest absolute Gasteiger partial charge is 0.272 e. The lowest BCUT2D eigenvalue weighted by Crippen LogP contribution is -2.39. The lowest BCUT2D eigenvalue weighted by atomic mass is 10.2. The van der Waals surface area contributed by atoms with Crippen LogP contribution in [0.15, 0.2) is 18.3 Å². The summed E-state index contributed by atoms with van der Waals surface area (Å²) >= 11 is 0. The summed E-state index contributed by atoms with van der Waals surface area (Å²) in [7, 11) is 1.61. The van der Waals surface area contributed by atoms with Gasteiger partial charge in [0.2, 0.25) is 0 Å². The van der Waals surface area contributed by atoms with Crippen LogP contribution in [0, 0.1) is 11.8 Å². The average Bonchev–Trinajstić information content (AvgIpc) is 2.45. The van der Waals surface area contributed by atoms with Crippen LogP contribution in [0.5, 0.6) is 0 Å². The lowest BCUT2D eigenvalue weighted by Gasteiger charge is -2.26. The van der Waals surface area contributed by atoms with Crippen molar-refractivity contribution in [2.75, 3.05) is 26.9 Å². The molecule has 5 heteroatoms. The monoisotopic (exact) mass is 276 g/mol. The summed E-state index contributed by atoms with van der Waals surface area (Å²) in [6.45, 7) is 4.73. The summed E-state index contributed by atoms with van der Waals surface area (Å²) in [6, 6.07) is 3.44. The van der Waals surface area contributed by atoms with Crippen molar-refractivity contribution < 1.29 is 14.6 Å². The molecule has 1 heterocycles. The molecule has 0 aliphatic heterocycles. The number of carbonyl (C=O) groups excluding carboxylic acids is 1. The van der Waals surface area contributed by atoms with E-state index in [4.69, 9.17) is 9.84 Å². The zero-order valence-electron chi connectivity index (χ0n) is 12.1. The molecule has 1 rings (SSSR count). The Morgan fingerprint density at radius 3 is 2.75 bits per heavy atom. The Morgan fingerprint density at radius 1 is 1.50 bits per heavy atom. The highest BCUT2D eigenvalue weighted by Gasteiger charge is 2.19. The van der Waals surface area contributed by atoms with Gasteiger partial charge in [-0.2, -0.15) is 0 Å². The number of aromatic nitrogens is 1. The molecule has 0 fully saturated rings. The number of methoxy groups -OCH3 is 1. The highest BCUT2D eigenvalue weighted by molar-refractivity contribution is 5.92. The van der Waals surface area contributed by atoms with Crippen LogP contribution in [-0.2, 0) is 4.74 Å². The normalized spacial score (nSPS) is 10.1. The fourth-order valence-electron chi connectivity index (χ4n) is 1.67. The number of carbonyl (C=O) groups is 1. The van der Waals surface area contributed by atoms with Gasteiger partial charge in [0.1, 0.15) is 12.3 Å². The van der Waals surface area contributed by atoms with Gasteiger partial charge < -0.3 is 14.7 Å². The molecular formula is C15H20N2O3. The van der Waals surface area contributed by atoms with E-state index in [0.29, 0.717) is 24.4 Å². The molecule has 0 aliphatic carbocycles. The number of rotatable bonds is 5. The van der Waals surface area contributed by atoms with Crippen LogP contribution in [0.25, 0.3) is 0 Å². The molecule has 0 spiro atoms. The summed E-state index contributed by atoms with van der Waals surface area (Å²) in [5.41, 5.74) is 1.05. The zero-order valence-corrected chi connectivity index (χ0v) is 12.1. The Morgan fingerprint density at radius 2 is 2.25 bits per heavy atom. The van der Waals surface area contributed by atoms with Gasteiger partial charge in [-0.1, -0.05) is 11.8 Å². The van der Waals surface area contributed by atoms with Crippen LogP contribution < -0.4 is 0 Å². The van der Waals surface area contributed by atoms with E-state index in [1.165, 1.54) is 6.20 Å². The minimum atomic E-state index is -0.196. The van der Waals surface area contributed by atoms with E-state index in [1.54, 1.807) is 24.1 Å². The summed E-state index contributed by atoms with van der Waals surface area (Å²) in [6.07, 6.45) is 1.53. The standard InChI is InChI=1S/C15H20N2O3/c1-12(2)17(8-10-20-3)15(19)14-7-6-13(11-16-14)5-4-9-18/h6-7,11-12,18H,8-10H2,1-3H3. The van der Waals surface area contributed by atoms with Crippen LogP contribution >= 0.6 is 0 Å². The van der Waals surface area contributed by atoms with Gasteiger partial charge in [-0.25, -0.2) is 4.98 Å². The number of pyridine rings is 1. The molecule has 0 aromatic carbocycles. The van der Waals surface area contributed by atoms with Gasteiger partial charge in [0.05, 0.1) is 6.61 Å². The molecule has 1 aromatic rings. The van der Waals surface area contributed by atoms with E-state index in [9.17, 15) is 4.79 Å². The van der Waals surface area contributed by atoms with Crippen molar-refractivity contribution in [2.45, 2.75) is 19.9 Å². The number of hydrogen-bond donors (Lipinski definition) is 1. The van der Waals surface area contributed by atoms with Crippen molar-refractivity contribution >= 4 is 5.91 Å². The van der Waals surface area contributed by atoms with Crippen LogP contribution in [0.2, 0.25) is 0 Å². The number of aliphatic hydroxyl groups is 1. The number of aliphatic hydroxyl groups excluding tert-OH is 1. The van der Waals surface area contributed by atoms with Crippen molar-refractivity contribution in [2.24, 2.45) is 0 Å². The molecule has 1 N–H and O–H groups in total. The molecule has 0 unspecified atom stereocenters. The largest absolute Gasteiger partial charge is 0.384 e. The molecule has 20 heavy (non-hydrogen) atoms. The Balaban J connectivity index is 2.83. The van der Waals surface area contributed by atoms with Crippen LogP contribution in [-0.4, -0.2) is 53.8 Å². The Hall–Kier alpha value is -1.90. The van der Waals surface area contributed by atoms with Crippen molar-refractivity contribution in [1.29, 1.82) is 0 Å². The zero-order chi connectivity index (χ0) is 15.0. The quantitative estimate of drug-likeness (QED) is 0.812. The summed E-state index contributed by atoms with van der Waals surface area (Å²) in [4.78, 5) is 18.2. The fourth-order valence-corrected chi connectivity index (χ4v) is 1.67. The van der Waals surface area contributed by atoms with E-state index >= 15 is 0 Å². The Bertz CT molecular complexity index is 486. The van der Waals surface area contributed by atoms with E-state index in [1.807, 2.05) is 13.8 Å². The fraction of sp³-hybridized carbons (Fsp3) is 0.467. The molecule has 0 radical (unpaired) electrons. The van der Waals surface area contributed by atoms with E-state index in [0.717, 1.165) is 0 Å². The highest BCUT2D eigenvalue weighted by atomic mass is 16.5. The Labute approximate surface area is 119 Å². The number of amides is 1. The molecular weight excluding hydrogens is 256 g/mol. The van der Waals surface area contributed by atoms with Gasteiger partial charge in [0.25, 0.3) is 5.91 Å². The van der Waals surface area contributed by atoms with Gasteiger partial charge in [-0.15, -0.1) is 0 Å². The highest BCUT2D eigenvalue weighted by Crippen LogP contribution is 2.07. The maximum absolute atomic E-state index is 12.3. The third kappa shape index (κ3) is 4.65. The maximum Gasteiger partial charge on any atom is 0.272 e. The molecule has 0 bridgehead atoms. The SMILES string of the molecule is COCCN(C(=O)c1ccc(C#CCO)cn1)C(C)C. The van der Waals surface area contributed by atoms with Crippen molar-refractivity contribution in [3.05, 3.63) is 29.6 Å². The van der Waals surface area contributed by atoms with Crippen LogP contribution in [0.4, 0.5) is 0 Å². The minimum absolute atomic E-state index is 0.0771. The first kappa shape index (κ1) is 16.2. The molecule has 108 valence electrons. The lowest BCUT2D eigenvalue weighted by molar-refractivity contribution is 0.0629. The van der Waals surface area contributed by atoms with Crippen LogP contribution in [0.3, 0.4) is 0 Å². The topological polar surface area (TPSA) is 62.7 Å². The predicted octanol–water partition coefficient (Wildman–Crippen LogP) is 0.922. The van der Waals surface area contributed by atoms with Crippen molar-refractivity contribution in [3.63, 3.8) is 0 Å². The van der Waals surface area contributed by atoms with E-state index in [-0.39, 0.29) is 18.6 Å². The summed E-state index contributed by atoms with van der Waals surface area (Å²) in [5, 5.41) is 8.62. The molecule has 0 aliphatic rings. The van der Waals surface area contributed by atoms with Gasteiger partial charge >= 0.3 is 0 Å². The number of nitrogens with zero attached hydrogens (tertiary/aromatic N) is 2. The van der Waals surface area contributed by atoms with Crippen LogP contribution in [0.1, 0.15) is 29.9 Å². The predicted molar refractivity (Wildman–Crippen MR) is 76.2 cm³/mol. The van der Waals surface area contributed by atoms with Gasteiger partial charge in [0, 0.05) is 31.5 Å². The number of hydrogen-bond acceptors (Lipinski definition) is 4. The third-order valence-electron chi connectivity index (χ3n) is 2.71. The minimum Gasteiger partial charge on any atom is -0.384 e. The first-order valence-corrected chi connectivity index (χ1v) is 6.45. The second kappa shape index (κ2) is 8.31. The summed E-state index contributed by atoms with van der Waals surface area (Å²) in [5.74, 6) is 5.15. The third-order valence-corrected chi connectivity index (χ3v) is 2.71. The molecule has 1 amide bonds. The molecule has 0 saturated carbocycles.